The molecule has 1 heterocycles. The summed E-state index contributed by atoms with van der Waals surface area (Å²) >= 11 is 5.76. The predicted octanol–water partition coefficient (Wildman–Crippen LogP) is 2.54. The van der Waals surface area contributed by atoms with E-state index in [1.165, 1.54) is 0 Å². The number of aliphatic hydroxyl groups excluding tert-OH is 1. The van der Waals surface area contributed by atoms with Gasteiger partial charge in [-0.1, -0.05) is 11.6 Å². The highest BCUT2D eigenvalue weighted by atomic mass is 35.5. The zero-order chi connectivity index (χ0) is 13.0. The van der Waals surface area contributed by atoms with Gasteiger partial charge in [0.2, 0.25) is 0 Å². The number of nitrogens with zero attached hydrogens (tertiary/aromatic N) is 1. The fourth-order valence-corrected chi connectivity index (χ4v) is 2.17. The van der Waals surface area contributed by atoms with Crippen LogP contribution in [0, 0.1) is 5.92 Å². The Balaban J connectivity index is 1.93. The maximum Gasteiger partial charge on any atom is 0.415 e. The molecule has 1 aromatic rings. The van der Waals surface area contributed by atoms with Crippen LogP contribution in [0.2, 0.25) is 5.02 Å². The molecule has 1 unspecified atom stereocenters. The van der Waals surface area contributed by atoms with E-state index in [-0.39, 0.29) is 18.6 Å². The molecule has 2 rings (SSSR count). The van der Waals surface area contributed by atoms with Crippen molar-refractivity contribution in [2.75, 3.05) is 19.7 Å². The van der Waals surface area contributed by atoms with Crippen LogP contribution in [0.1, 0.15) is 12.8 Å². The highest BCUT2D eigenvalue weighted by Crippen LogP contribution is 2.19. The standard InChI is InChI=1S/C13H16ClNO3/c14-11-3-5-12(6-4-11)18-13(17)15-7-1-2-10(8-15)9-16/h3-6,10,16H,1-2,7-9H2. The normalized spacial score (nSPS) is 19.7. The van der Waals surface area contributed by atoms with Gasteiger partial charge < -0.3 is 14.7 Å². The highest BCUT2D eigenvalue weighted by Gasteiger charge is 2.24. The summed E-state index contributed by atoms with van der Waals surface area (Å²) in [5.41, 5.74) is 0. The minimum atomic E-state index is -0.365. The third-order valence-corrected chi connectivity index (χ3v) is 3.31. The minimum absolute atomic E-state index is 0.116. The van der Waals surface area contributed by atoms with E-state index in [1.54, 1.807) is 29.2 Å². The van der Waals surface area contributed by atoms with E-state index >= 15 is 0 Å². The molecule has 1 saturated heterocycles. The smallest absolute Gasteiger partial charge is 0.410 e. The first-order chi connectivity index (χ1) is 8.69. The number of benzene rings is 1. The van der Waals surface area contributed by atoms with Gasteiger partial charge in [-0.3, -0.25) is 0 Å². The summed E-state index contributed by atoms with van der Waals surface area (Å²) in [6.45, 7) is 1.36. The number of halogens is 1. The second-order valence-corrected chi connectivity index (χ2v) is 4.90. The molecule has 0 aliphatic carbocycles. The lowest BCUT2D eigenvalue weighted by Crippen LogP contribution is -2.42. The number of carbonyl (C=O) groups excluding carboxylic acids is 1. The molecule has 0 aromatic heterocycles. The molecule has 1 fully saturated rings. The molecule has 4 nitrogen and oxygen atoms in total. The third kappa shape index (κ3) is 3.37. The van der Waals surface area contributed by atoms with Crippen molar-refractivity contribution in [1.29, 1.82) is 0 Å². The number of hydrogen-bond donors (Lipinski definition) is 1. The second kappa shape index (κ2) is 6.07. The molecule has 0 bridgehead atoms. The quantitative estimate of drug-likeness (QED) is 0.898. The fraction of sp³-hybridized carbons (Fsp3) is 0.462. The molecule has 1 N–H and O–H groups in total. The first-order valence-electron chi connectivity index (χ1n) is 6.02. The van der Waals surface area contributed by atoms with Crippen LogP contribution in [0.25, 0.3) is 0 Å². The molecular formula is C13H16ClNO3. The van der Waals surface area contributed by atoms with Crippen LogP contribution in [0.4, 0.5) is 4.79 Å². The van der Waals surface area contributed by atoms with Crippen LogP contribution in [0.3, 0.4) is 0 Å². The largest absolute Gasteiger partial charge is 0.415 e. The molecule has 0 spiro atoms. The molecule has 1 aromatic carbocycles. The van der Waals surface area contributed by atoms with Gasteiger partial charge in [0.15, 0.2) is 0 Å². The van der Waals surface area contributed by atoms with Gasteiger partial charge in [0.25, 0.3) is 0 Å². The summed E-state index contributed by atoms with van der Waals surface area (Å²) in [6.07, 6.45) is 1.50. The van der Waals surface area contributed by atoms with Gasteiger partial charge in [-0.2, -0.15) is 0 Å². The van der Waals surface area contributed by atoms with Gasteiger partial charge in [-0.15, -0.1) is 0 Å². The van der Waals surface area contributed by atoms with Gasteiger partial charge in [0.05, 0.1) is 0 Å². The molecule has 1 aliphatic heterocycles. The van der Waals surface area contributed by atoms with Gasteiger partial charge in [-0.25, -0.2) is 4.79 Å². The third-order valence-electron chi connectivity index (χ3n) is 3.05. The van der Waals surface area contributed by atoms with Gasteiger partial charge in [-0.05, 0) is 43.0 Å². The Kier molecular flexibility index (Phi) is 4.44. The minimum Gasteiger partial charge on any atom is -0.410 e. The number of piperidine rings is 1. The van der Waals surface area contributed by atoms with Crippen LogP contribution in [-0.4, -0.2) is 35.8 Å². The molecule has 5 heteroatoms. The summed E-state index contributed by atoms with van der Waals surface area (Å²) in [4.78, 5) is 13.5. The monoisotopic (exact) mass is 269 g/mol. The Bertz CT molecular complexity index is 407. The van der Waals surface area contributed by atoms with Crippen molar-refractivity contribution in [3.8, 4) is 5.75 Å². The number of amides is 1. The topological polar surface area (TPSA) is 49.8 Å². The Morgan fingerprint density at radius 3 is 2.83 bits per heavy atom. The number of likely N-dealkylation sites (tertiary alicyclic amines) is 1. The Morgan fingerprint density at radius 2 is 2.17 bits per heavy atom. The van der Waals surface area contributed by atoms with Gasteiger partial charge >= 0.3 is 6.09 Å². The van der Waals surface area contributed by atoms with Crippen molar-refractivity contribution < 1.29 is 14.6 Å². The summed E-state index contributed by atoms with van der Waals surface area (Å²) < 4.78 is 5.25. The number of rotatable bonds is 2. The van der Waals surface area contributed by atoms with E-state index in [0.717, 1.165) is 12.8 Å². The summed E-state index contributed by atoms with van der Waals surface area (Å²) in [6, 6.07) is 6.68. The first kappa shape index (κ1) is 13.2. The lowest BCUT2D eigenvalue weighted by Gasteiger charge is -2.30. The molecule has 0 radical (unpaired) electrons. The Hall–Kier alpha value is -1.26. The number of aliphatic hydroxyl groups is 1. The molecule has 98 valence electrons. The van der Waals surface area contributed by atoms with Crippen LogP contribution >= 0.6 is 11.6 Å². The van der Waals surface area contributed by atoms with E-state index in [4.69, 9.17) is 21.4 Å². The average Bonchev–Trinajstić information content (AvgIpc) is 2.41. The van der Waals surface area contributed by atoms with Gasteiger partial charge in [0.1, 0.15) is 5.75 Å². The number of hydrogen-bond acceptors (Lipinski definition) is 3. The maximum absolute atomic E-state index is 11.9. The summed E-state index contributed by atoms with van der Waals surface area (Å²) in [5, 5.41) is 9.72. The van der Waals surface area contributed by atoms with E-state index < -0.39 is 0 Å². The van der Waals surface area contributed by atoms with E-state index in [0.29, 0.717) is 23.9 Å². The van der Waals surface area contributed by atoms with Crippen LogP contribution in [0.5, 0.6) is 5.75 Å². The molecule has 18 heavy (non-hydrogen) atoms. The highest BCUT2D eigenvalue weighted by molar-refractivity contribution is 6.30. The van der Waals surface area contributed by atoms with E-state index in [2.05, 4.69) is 0 Å². The van der Waals surface area contributed by atoms with Crippen molar-refractivity contribution in [2.24, 2.45) is 5.92 Å². The van der Waals surface area contributed by atoms with Crippen molar-refractivity contribution in [3.05, 3.63) is 29.3 Å². The molecule has 1 atom stereocenters. The van der Waals surface area contributed by atoms with Crippen LogP contribution in [0.15, 0.2) is 24.3 Å². The number of ether oxygens (including phenoxy) is 1. The first-order valence-corrected chi connectivity index (χ1v) is 6.40. The van der Waals surface area contributed by atoms with Crippen LogP contribution < -0.4 is 4.74 Å². The zero-order valence-electron chi connectivity index (χ0n) is 10.0. The molecular weight excluding hydrogens is 254 g/mol. The van der Waals surface area contributed by atoms with Crippen molar-refractivity contribution in [3.63, 3.8) is 0 Å². The Labute approximate surface area is 111 Å². The predicted molar refractivity (Wildman–Crippen MR) is 68.9 cm³/mol. The maximum atomic E-state index is 11.9. The number of carbonyl (C=O) groups is 1. The van der Waals surface area contributed by atoms with Gasteiger partial charge in [0, 0.05) is 24.7 Å². The zero-order valence-corrected chi connectivity index (χ0v) is 10.8. The van der Waals surface area contributed by atoms with Crippen molar-refractivity contribution in [2.45, 2.75) is 12.8 Å². The average molecular weight is 270 g/mol. The fourth-order valence-electron chi connectivity index (χ4n) is 2.05. The lowest BCUT2D eigenvalue weighted by atomic mass is 10.00. The SMILES string of the molecule is O=C(Oc1ccc(Cl)cc1)N1CCCC(CO)C1. The van der Waals surface area contributed by atoms with E-state index in [9.17, 15) is 4.79 Å². The van der Waals surface area contributed by atoms with Crippen LogP contribution in [-0.2, 0) is 0 Å². The summed E-state index contributed by atoms with van der Waals surface area (Å²) in [5.74, 6) is 0.645. The van der Waals surface area contributed by atoms with Crippen molar-refractivity contribution >= 4 is 17.7 Å². The summed E-state index contributed by atoms with van der Waals surface area (Å²) in [7, 11) is 0. The second-order valence-electron chi connectivity index (χ2n) is 4.46. The molecule has 1 aliphatic rings. The Morgan fingerprint density at radius 1 is 1.44 bits per heavy atom. The van der Waals surface area contributed by atoms with Crippen molar-refractivity contribution in [1.82, 2.24) is 4.90 Å². The van der Waals surface area contributed by atoms with E-state index in [1.807, 2.05) is 0 Å². The lowest BCUT2D eigenvalue weighted by molar-refractivity contribution is 0.105. The molecule has 1 amide bonds. The molecule has 0 saturated carbocycles.